The van der Waals surface area contributed by atoms with E-state index >= 15 is 0 Å². The Morgan fingerprint density at radius 1 is 0.568 bits per heavy atom. The minimum absolute atomic E-state index is 1.11. The summed E-state index contributed by atoms with van der Waals surface area (Å²) in [5, 5.41) is 0. The van der Waals surface area contributed by atoms with Crippen molar-refractivity contribution in [3.8, 4) is 0 Å². The van der Waals surface area contributed by atoms with Crippen LogP contribution in [0, 0.1) is 0 Å². The molecule has 2 aromatic rings. The van der Waals surface area contributed by atoms with Crippen LogP contribution >= 0.6 is 0 Å². The maximum atomic E-state index is 5.43. The van der Waals surface area contributed by atoms with E-state index in [2.05, 4.69) is 52.3 Å². The molecule has 0 aromatic heterocycles. The third kappa shape index (κ3) is 3.90. The standard InChI is InChI=1S/C41H43N3/c1-2-12-34-26(7-1)13-16-36-35-15-14-27(25-37(35)42-39(34)36)38(32-21-28-8-3-17-43-18-4-9-29(22-32)40(28)43)33-23-30-10-5-19-44-20-6-11-31(24-33)41(30)44/h7,12,21-25H,1-6,8-11,13-20H2. The molecule has 1 saturated carbocycles. The molecule has 0 bridgehead atoms. The van der Waals surface area contributed by atoms with Gasteiger partial charge >= 0.3 is 0 Å². The first-order valence-corrected chi connectivity index (χ1v) is 17.8. The number of rotatable bonds is 2. The lowest BCUT2D eigenvalue weighted by Crippen LogP contribution is -2.34. The molecule has 3 nitrogen and oxygen atoms in total. The number of nitrogens with zero attached hydrogens (tertiary/aromatic N) is 3. The quantitative estimate of drug-likeness (QED) is 0.355. The van der Waals surface area contributed by atoms with Crippen molar-refractivity contribution in [1.82, 2.24) is 0 Å². The number of aryl methyl sites for hydroxylation is 4. The highest BCUT2D eigenvalue weighted by atomic mass is 15.1. The van der Waals surface area contributed by atoms with Crippen molar-refractivity contribution >= 4 is 22.7 Å². The molecule has 222 valence electrons. The molecular weight excluding hydrogens is 534 g/mol. The summed E-state index contributed by atoms with van der Waals surface area (Å²) in [5.74, 6) is 0. The van der Waals surface area contributed by atoms with E-state index in [4.69, 9.17) is 4.99 Å². The first-order valence-electron chi connectivity index (χ1n) is 17.8. The SMILES string of the molecule is C1=C2CCC3=C4CCC(=C(c5cc6c7c(c5)CCCN7CCC6)c5cc6c7c(c5)CCCN7CCC6)C=C4N=C3C2=CCC1. The number of hydrogen-bond acceptors (Lipinski definition) is 3. The Balaban J connectivity index is 1.18. The van der Waals surface area contributed by atoms with E-state index in [0.29, 0.717) is 0 Å². The van der Waals surface area contributed by atoms with E-state index in [-0.39, 0.29) is 0 Å². The first-order chi connectivity index (χ1) is 21.8. The minimum Gasteiger partial charge on any atom is -0.371 e. The van der Waals surface area contributed by atoms with Gasteiger partial charge in [-0.1, -0.05) is 12.2 Å². The molecule has 10 rings (SSSR count). The van der Waals surface area contributed by atoms with Crippen LogP contribution in [-0.4, -0.2) is 31.9 Å². The predicted octanol–water partition coefficient (Wildman–Crippen LogP) is 8.76. The smallest absolute Gasteiger partial charge is 0.0744 e. The van der Waals surface area contributed by atoms with E-state index in [0.717, 1.165) is 25.7 Å². The van der Waals surface area contributed by atoms with Crippen molar-refractivity contribution in [3.05, 3.63) is 109 Å². The fourth-order valence-electron chi connectivity index (χ4n) is 10.0. The van der Waals surface area contributed by atoms with E-state index in [1.807, 2.05) is 0 Å². The highest BCUT2D eigenvalue weighted by Gasteiger charge is 2.34. The van der Waals surface area contributed by atoms with Gasteiger partial charge in [0, 0.05) is 37.6 Å². The van der Waals surface area contributed by atoms with E-state index in [1.54, 1.807) is 50.3 Å². The van der Waals surface area contributed by atoms with Crippen molar-refractivity contribution in [2.75, 3.05) is 36.0 Å². The lowest BCUT2D eigenvalue weighted by Gasteiger charge is -2.38. The number of fused-ring (bicyclic) bond motifs is 4. The second kappa shape index (κ2) is 9.96. The van der Waals surface area contributed by atoms with E-state index in [9.17, 15) is 0 Å². The maximum absolute atomic E-state index is 5.43. The summed E-state index contributed by atoms with van der Waals surface area (Å²) in [7, 11) is 0. The van der Waals surface area contributed by atoms with Crippen molar-refractivity contribution in [1.29, 1.82) is 0 Å². The molecule has 3 aliphatic carbocycles. The molecule has 1 fully saturated rings. The van der Waals surface area contributed by atoms with Crippen LogP contribution in [0.25, 0.3) is 5.57 Å². The van der Waals surface area contributed by atoms with Gasteiger partial charge in [-0.15, -0.1) is 0 Å². The van der Waals surface area contributed by atoms with Gasteiger partial charge in [0.15, 0.2) is 0 Å². The number of anilines is 2. The van der Waals surface area contributed by atoms with E-state index < -0.39 is 0 Å². The van der Waals surface area contributed by atoms with Crippen molar-refractivity contribution in [3.63, 3.8) is 0 Å². The third-order valence-electron chi connectivity index (χ3n) is 11.9. The van der Waals surface area contributed by atoms with Crippen LogP contribution in [0.3, 0.4) is 0 Å². The van der Waals surface area contributed by atoms with Crippen LogP contribution in [0.15, 0.2) is 81.0 Å². The Labute approximate surface area is 262 Å². The van der Waals surface area contributed by atoms with Gasteiger partial charge in [0.2, 0.25) is 0 Å². The highest BCUT2D eigenvalue weighted by molar-refractivity contribution is 6.19. The second-order valence-corrected chi connectivity index (χ2v) is 14.4. The van der Waals surface area contributed by atoms with Crippen LogP contribution in [0.4, 0.5) is 11.4 Å². The average Bonchev–Trinajstić information content (AvgIpc) is 3.44. The summed E-state index contributed by atoms with van der Waals surface area (Å²) in [5.41, 5.74) is 24.1. The summed E-state index contributed by atoms with van der Waals surface area (Å²) >= 11 is 0. The maximum Gasteiger partial charge on any atom is 0.0744 e. The van der Waals surface area contributed by atoms with Gasteiger partial charge in [-0.25, -0.2) is 4.99 Å². The molecule has 44 heavy (non-hydrogen) atoms. The molecule has 0 N–H and O–H groups in total. The van der Waals surface area contributed by atoms with Gasteiger partial charge < -0.3 is 9.80 Å². The predicted molar refractivity (Wildman–Crippen MR) is 183 cm³/mol. The third-order valence-corrected chi connectivity index (χ3v) is 11.9. The Morgan fingerprint density at radius 3 is 1.70 bits per heavy atom. The molecule has 5 aliphatic heterocycles. The zero-order valence-corrected chi connectivity index (χ0v) is 26.1. The molecule has 0 atom stereocenters. The molecule has 8 aliphatic rings. The summed E-state index contributed by atoms with van der Waals surface area (Å²) in [4.78, 5) is 10.8. The molecular formula is C41H43N3. The van der Waals surface area contributed by atoms with Crippen LogP contribution in [0.5, 0.6) is 0 Å². The van der Waals surface area contributed by atoms with Crippen LogP contribution in [0.1, 0.15) is 97.6 Å². The molecule has 2 aromatic carbocycles. The lowest BCUT2D eigenvalue weighted by atomic mass is 9.78. The summed E-state index contributed by atoms with van der Waals surface area (Å²) in [6.07, 6.45) is 24.4. The molecule has 0 amide bonds. The van der Waals surface area contributed by atoms with Crippen LogP contribution in [-0.2, 0) is 25.7 Å². The number of hydrogen-bond donors (Lipinski definition) is 0. The van der Waals surface area contributed by atoms with Crippen LogP contribution in [0.2, 0.25) is 0 Å². The van der Waals surface area contributed by atoms with Crippen molar-refractivity contribution < 1.29 is 0 Å². The van der Waals surface area contributed by atoms with Gasteiger partial charge in [-0.3, -0.25) is 0 Å². The molecule has 0 radical (unpaired) electrons. The summed E-state index contributed by atoms with van der Waals surface area (Å²) in [6.45, 7) is 4.93. The molecule has 3 heteroatoms. The topological polar surface area (TPSA) is 18.8 Å². The van der Waals surface area contributed by atoms with Crippen molar-refractivity contribution in [2.45, 2.75) is 89.9 Å². The second-order valence-electron chi connectivity index (χ2n) is 14.4. The fourth-order valence-corrected chi connectivity index (χ4v) is 10.0. The fraction of sp³-hybridized carbons (Fsp3) is 0.439. The lowest BCUT2D eigenvalue weighted by molar-refractivity contribution is 0.633. The average molecular weight is 578 g/mol. The summed E-state index contributed by atoms with van der Waals surface area (Å²) in [6, 6.07) is 10.4. The molecule has 5 heterocycles. The van der Waals surface area contributed by atoms with Crippen molar-refractivity contribution in [2.24, 2.45) is 4.99 Å². The largest absolute Gasteiger partial charge is 0.371 e. The normalized spacial score (nSPS) is 23.0. The van der Waals surface area contributed by atoms with Gasteiger partial charge in [0.25, 0.3) is 0 Å². The highest BCUT2D eigenvalue weighted by Crippen LogP contribution is 2.48. The zero-order chi connectivity index (χ0) is 28.8. The van der Waals surface area contributed by atoms with E-state index in [1.165, 1.54) is 130 Å². The number of benzene rings is 2. The Hall–Kier alpha value is -3.59. The van der Waals surface area contributed by atoms with Gasteiger partial charge in [-0.2, -0.15) is 0 Å². The number of allylic oxidation sites excluding steroid dienone is 8. The minimum atomic E-state index is 1.11. The monoisotopic (exact) mass is 577 g/mol. The first kappa shape index (κ1) is 25.7. The molecule has 0 spiro atoms. The van der Waals surface area contributed by atoms with Gasteiger partial charge in [0.1, 0.15) is 0 Å². The van der Waals surface area contributed by atoms with Gasteiger partial charge in [-0.05, 0) is 187 Å². The molecule has 0 saturated heterocycles. The number of aliphatic imine (C=N–C) groups is 1. The Kier molecular flexibility index (Phi) is 5.82. The van der Waals surface area contributed by atoms with Gasteiger partial charge in [0.05, 0.1) is 11.4 Å². The Morgan fingerprint density at radius 2 is 1.11 bits per heavy atom. The summed E-state index contributed by atoms with van der Waals surface area (Å²) < 4.78 is 0. The zero-order valence-electron chi connectivity index (χ0n) is 26.1. The Bertz CT molecular complexity index is 1680. The molecule has 0 unspecified atom stereocenters. The van der Waals surface area contributed by atoms with Crippen LogP contribution < -0.4 is 9.80 Å².